The lowest BCUT2D eigenvalue weighted by molar-refractivity contribution is 0.174. The Bertz CT molecular complexity index is 565. The number of hydrogen-bond donors (Lipinski definition) is 1. The first-order valence-electron chi connectivity index (χ1n) is 5.94. The fourth-order valence-electron chi connectivity index (χ4n) is 2.13. The summed E-state index contributed by atoms with van der Waals surface area (Å²) in [6.45, 7) is 4.63. The second-order valence-corrected chi connectivity index (χ2v) is 5.35. The van der Waals surface area contributed by atoms with E-state index in [1.165, 1.54) is 10.4 Å². The van der Waals surface area contributed by atoms with Crippen LogP contribution in [-0.2, 0) is 0 Å². The molecular weight excluding hydrogens is 246 g/mol. The van der Waals surface area contributed by atoms with Crippen molar-refractivity contribution < 1.29 is 9.47 Å². The average Bonchev–Trinajstić information content (AvgIpc) is 2.96. The van der Waals surface area contributed by atoms with Crippen LogP contribution in [0.2, 0.25) is 0 Å². The highest BCUT2D eigenvalue weighted by Gasteiger charge is 2.15. The summed E-state index contributed by atoms with van der Waals surface area (Å²) in [6, 6.07) is 8.40. The fraction of sp³-hybridized carbons (Fsp3) is 0.286. The first kappa shape index (κ1) is 11.4. The predicted molar refractivity (Wildman–Crippen MR) is 73.7 cm³/mol. The Morgan fingerprint density at radius 1 is 1.22 bits per heavy atom. The lowest BCUT2D eigenvalue weighted by Gasteiger charge is -2.15. The van der Waals surface area contributed by atoms with Crippen molar-refractivity contribution in [2.45, 2.75) is 19.9 Å². The summed E-state index contributed by atoms with van der Waals surface area (Å²) in [7, 11) is 0. The van der Waals surface area contributed by atoms with Crippen molar-refractivity contribution in [3.63, 3.8) is 0 Å². The maximum absolute atomic E-state index is 5.38. The largest absolute Gasteiger partial charge is 0.454 e. The van der Waals surface area contributed by atoms with E-state index in [9.17, 15) is 0 Å². The number of aryl methyl sites for hydroxylation is 1. The quantitative estimate of drug-likeness (QED) is 0.907. The second-order valence-electron chi connectivity index (χ2n) is 4.40. The second kappa shape index (κ2) is 4.53. The zero-order valence-corrected chi connectivity index (χ0v) is 11.2. The van der Waals surface area contributed by atoms with Gasteiger partial charge in [0.25, 0.3) is 0 Å². The van der Waals surface area contributed by atoms with E-state index in [0.29, 0.717) is 12.8 Å². The van der Waals surface area contributed by atoms with E-state index >= 15 is 0 Å². The Kier molecular flexibility index (Phi) is 2.88. The molecular formula is C14H15NO2S. The summed E-state index contributed by atoms with van der Waals surface area (Å²) in [4.78, 5) is 1.37. The molecule has 94 valence electrons. The van der Waals surface area contributed by atoms with Crippen LogP contribution in [0.3, 0.4) is 0 Å². The number of hydrogen-bond acceptors (Lipinski definition) is 4. The zero-order chi connectivity index (χ0) is 12.5. The van der Waals surface area contributed by atoms with E-state index in [2.05, 4.69) is 30.6 Å². The van der Waals surface area contributed by atoms with Gasteiger partial charge in [0.15, 0.2) is 11.5 Å². The van der Waals surface area contributed by atoms with Crippen LogP contribution >= 0.6 is 11.3 Å². The summed E-state index contributed by atoms with van der Waals surface area (Å²) < 4.78 is 10.7. The minimum Gasteiger partial charge on any atom is -0.454 e. The van der Waals surface area contributed by atoms with Gasteiger partial charge in [-0.15, -0.1) is 11.3 Å². The highest BCUT2D eigenvalue weighted by molar-refractivity contribution is 7.10. The molecule has 18 heavy (non-hydrogen) atoms. The number of nitrogens with one attached hydrogen (secondary N) is 1. The van der Waals surface area contributed by atoms with E-state index in [1.807, 2.05) is 18.2 Å². The van der Waals surface area contributed by atoms with Gasteiger partial charge in [-0.2, -0.15) is 0 Å². The molecule has 0 amide bonds. The summed E-state index contributed by atoms with van der Waals surface area (Å²) in [5.41, 5.74) is 2.39. The molecule has 0 spiro atoms. The van der Waals surface area contributed by atoms with Gasteiger partial charge in [-0.25, -0.2) is 0 Å². The number of anilines is 1. The summed E-state index contributed by atoms with van der Waals surface area (Å²) in [5.74, 6) is 1.63. The molecule has 1 aromatic heterocycles. The van der Waals surface area contributed by atoms with Crippen molar-refractivity contribution in [3.05, 3.63) is 40.1 Å². The van der Waals surface area contributed by atoms with Gasteiger partial charge in [0.05, 0.1) is 6.04 Å². The van der Waals surface area contributed by atoms with Crippen molar-refractivity contribution in [2.75, 3.05) is 12.1 Å². The molecule has 1 N–H and O–H groups in total. The SMILES string of the molecule is Cc1ccsc1C(C)Nc1ccc2c(c1)OCO2. The first-order chi connectivity index (χ1) is 8.74. The van der Waals surface area contributed by atoms with E-state index in [-0.39, 0.29) is 0 Å². The van der Waals surface area contributed by atoms with Crippen molar-refractivity contribution in [3.8, 4) is 11.5 Å². The number of fused-ring (bicyclic) bond motifs is 1. The number of rotatable bonds is 3. The van der Waals surface area contributed by atoms with Gasteiger partial charge in [-0.05, 0) is 43.0 Å². The van der Waals surface area contributed by atoms with Crippen LogP contribution < -0.4 is 14.8 Å². The molecule has 0 saturated heterocycles. The van der Waals surface area contributed by atoms with Crippen LogP contribution in [0, 0.1) is 6.92 Å². The molecule has 1 aromatic carbocycles. The van der Waals surface area contributed by atoms with Gasteiger partial charge < -0.3 is 14.8 Å². The molecule has 0 fully saturated rings. The predicted octanol–water partition coefficient (Wildman–Crippen LogP) is 3.96. The molecule has 1 unspecified atom stereocenters. The van der Waals surface area contributed by atoms with E-state index in [4.69, 9.17) is 9.47 Å². The van der Waals surface area contributed by atoms with Gasteiger partial charge in [0.2, 0.25) is 6.79 Å². The third-order valence-electron chi connectivity index (χ3n) is 3.05. The summed E-state index contributed by atoms with van der Waals surface area (Å²) in [6.07, 6.45) is 0. The maximum Gasteiger partial charge on any atom is 0.231 e. The van der Waals surface area contributed by atoms with Gasteiger partial charge in [0, 0.05) is 16.6 Å². The standard InChI is InChI=1S/C14H15NO2S/c1-9-5-6-18-14(9)10(2)15-11-3-4-12-13(7-11)17-8-16-12/h3-7,10,15H,8H2,1-2H3. The monoisotopic (exact) mass is 261 g/mol. The third-order valence-corrected chi connectivity index (χ3v) is 4.25. The van der Waals surface area contributed by atoms with E-state index < -0.39 is 0 Å². The molecule has 1 atom stereocenters. The Morgan fingerprint density at radius 2 is 2.06 bits per heavy atom. The molecule has 3 rings (SSSR count). The minimum absolute atomic E-state index is 0.297. The van der Waals surface area contributed by atoms with E-state index in [0.717, 1.165) is 17.2 Å². The maximum atomic E-state index is 5.38. The van der Waals surface area contributed by atoms with Crippen LogP contribution in [0.5, 0.6) is 11.5 Å². The van der Waals surface area contributed by atoms with Gasteiger partial charge in [0.1, 0.15) is 0 Å². The number of thiophene rings is 1. The topological polar surface area (TPSA) is 30.5 Å². The molecule has 3 nitrogen and oxygen atoms in total. The van der Waals surface area contributed by atoms with Crippen LogP contribution in [0.4, 0.5) is 5.69 Å². The van der Waals surface area contributed by atoms with Crippen molar-refractivity contribution in [1.29, 1.82) is 0 Å². The normalized spacial score (nSPS) is 14.6. The number of ether oxygens (including phenoxy) is 2. The van der Waals surface area contributed by atoms with Gasteiger partial charge in [-0.3, -0.25) is 0 Å². The zero-order valence-electron chi connectivity index (χ0n) is 10.4. The van der Waals surface area contributed by atoms with E-state index in [1.54, 1.807) is 11.3 Å². The number of benzene rings is 1. The van der Waals surface area contributed by atoms with Crippen LogP contribution in [0.15, 0.2) is 29.6 Å². The molecule has 2 heterocycles. The average molecular weight is 261 g/mol. The smallest absolute Gasteiger partial charge is 0.231 e. The summed E-state index contributed by atoms with van der Waals surface area (Å²) >= 11 is 1.78. The highest BCUT2D eigenvalue weighted by Crippen LogP contribution is 2.35. The Labute approximate surface area is 110 Å². The molecule has 1 aliphatic heterocycles. The summed E-state index contributed by atoms with van der Waals surface area (Å²) in [5, 5.41) is 5.62. The van der Waals surface area contributed by atoms with Crippen molar-refractivity contribution >= 4 is 17.0 Å². The van der Waals surface area contributed by atoms with Gasteiger partial charge in [-0.1, -0.05) is 0 Å². The molecule has 1 aliphatic rings. The molecule has 2 aromatic rings. The Balaban J connectivity index is 1.79. The van der Waals surface area contributed by atoms with Gasteiger partial charge >= 0.3 is 0 Å². The molecule has 0 aliphatic carbocycles. The first-order valence-corrected chi connectivity index (χ1v) is 6.82. The Morgan fingerprint density at radius 3 is 2.83 bits per heavy atom. The highest BCUT2D eigenvalue weighted by atomic mass is 32.1. The minimum atomic E-state index is 0.297. The lowest BCUT2D eigenvalue weighted by atomic mass is 10.2. The molecule has 4 heteroatoms. The Hall–Kier alpha value is -1.68. The third kappa shape index (κ3) is 2.04. The fourth-order valence-corrected chi connectivity index (χ4v) is 3.07. The van der Waals surface area contributed by atoms with Crippen LogP contribution in [0.25, 0.3) is 0 Å². The van der Waals surface area contributed by atoms with Crippen molar-refractivity contribution in [1.82, 2.24) is 0 Å². The lowest BCUT2D eigenvalue weighted by Crippen LogP contribution is -2.05. The molecule has 0 radical (unpaired) electrons. The molecule has 0 saturated carbocycles. The van der Waals surface area contributed by atoms with Crippen LogP contribution in [-0.4, -0.2) is 6.79 Å². The van der Waals surface area contributed by atoms with Crippen LogP contribution in [0.1, 0.15) is 23.4 Å². The molecule has 0 bridgehead atoms. The van der Waals surface area contributed by atoms with Crippen molar-refractivity contribution in [2.24, 2.45) is 0 Å².